The first kappa shape index (κ1) is 12.3. The van der Waals surface area contributed by atoms with E-state index in [9.17, 15) is 18.0 Å². The Morgan fingerprint density at radius 2 is 2.06 bits per heavy atom. The first-order valence-electron chi connectivity index (χ1n) is 5.08. The number of carbonyl (C=O) groups excluding carboxylic acids is 1. The fourth-order valence-corrected chi connectivity index (χ4v) is 1.69. The van der Waals surface area contributed by atoms with Gasteiger partial charge in [-0.3, -0.25) is 9.48 Å². The van der Waals surface area contributed by atoms with Gasteiger partial charge < -0.3 is 0 Å². The van der Waals surface area contributed by atoms with Crippen molar-refractivity contribution in [3.63, 3.8) is 0 Å². The summed E-state index contributed by atoms with van der Waals surface area (Å²) in [6.07, 6.45) is -2.65. The van der Waals surface area contributed by atoms with Crippen LogP contribution >= 0.6 is 0 Å². The van der Waals surface area contributed by atoms with Crippen LogP contribution in [0.2, 0.25) is 0 Å². The van der Waals surface area contributed by atoms with Crippen molar-refractivity contribution in [3.8, 4) is 11.1 Å². The van der Waals surface area contributed by atoms with Crippen LogP contribution in [-0.2, 0) is 13.2 Å². The van der Waals surface area contributed by atoms with E-state index < -0.39 is 11.9 Å². The van der Waals surface area contributed by atoms with Gasteiger partial charge in [-0.25, -0.2) is 0 Å². The van der Waals surface area contributed by atoms with Gasteiger partial charge in [0.25, 0.3) is 0 Å². The van der Waals surface area contributed by atoms with Gasteiger partial charge >= 0.3 is 6.18 Å². The van der Waals surface area contributed by atoms with Crippen molar-refractivity contribution in [2.45, 2.75) is 6.18 Å². The first-order valence-corrected chi connectivity index (χ1v) is 5.08. The van der Waals surface area contributed by atoms with Gasteiger partial charge in [0.1, 0.15) is 6.29 Å². The molecule has 0 unspecified atom stereocenters. The average molecular weight is 254 g/mol. The summed E-state index contributed by atoms with van der Waals surface area (Å²) >= 11 is 0. The number of alkyl halides is 3. The molecule has 0 saturated heterocycles. The first-order chi connectivity index (χ1) is 8.41. The van der Waals surface area contributed by atoms with Crippen LogP contribution < -0.4 is 0 Å². The fraction of sp³-hybridized carbons (Fsp3) is 0.167. The molecular weight excluding hydrogens is 245 g/mol. The number of benzene rings is 1. The summed E-state index contributed by atoms with van der Waals surface area (Å²) in [5.41, 5.74) is -0.341. The highest BCUT2D eigenvalue weighted by Crippen LogP contribution is 2.35. The number of nitrogens with zero attached hydrogens (tertiary/aromatic N) is 2. The van der Waals surface area contributed by atoms with E-state index in [1.807, 2.05) is 0 Å². The molecule has 0 radical (unpaired) electrons. The second-order valence-corrected chi connectivity index (χ2v) is 3.81. The smallest absolute Gasteiger partial charge is 0.298 e. The molecule has 1 aromatic carbocycles. The largest absolute Gasteiger partial charge is 0.435 e. The third-order valence-corrected chi connectivity index (χ3v) is 2.43. The molecule has 0 saturated carbocycles. The molecule has 2 aromatic rings. The molecule has 0 N–H and O–H groups in total. The minimum Gasteiger partial charge on any atom is -0.298 e. The van der Waals surface area contributed by atoms with Crippen LogP contribution in [0.3, 0.4) is 0 Å². The van der Waals surface area contributed by atoms with Gasteiger partial charge in [-0.05, 0) is 11.6 Å². The average Bonchev–Trinajstić information content (AvgIpc) is 2.71. The fourth-order valence-electron chi connectivity index (χ4n) is 1.69. The molecular formula is C12H9F3N2O. The minimum absolute atomic E-state index is 0.0336. The molecule has 18 heavy (non-hydrogen) atoms. The van der Waals surface area contributed by atoms with Gasteiger partial charge in [-0.2, -0.15) is 18.3 Å². The van der Waals surface area contributed by atoms with E-state index in [1.165, 1.54) is 37.5 Å². The van der Waals surface area contributed by atoms with Crippen molar-refractivity contribution in [2.75, 3.05) is 0 Å². The molecule has 0 aliphatic heterocycles. The Morgan fingerprint density at radius 1 is 1.33 bits per heavy atom. The summed E-state index contributed by atoms with van der Waals surface area (Å²) in [5, 5.41) is 3.42. The SMILES string of the molecule is Cn1cc(-c2cccc(C=O)c2)c(C(F)(F)F)n1. The maximum absolute atomic E-state index is 12.8. The third kappa shape index (κ3) is 2.27. The van der Waals surface area contributed by atoms with Gasteiger partial charge in [-0.15, -0.1) is 0 Å². The van der Waals surface area contributed by atoms with E-state index >= 15 is 0 Å². The van der Waals surface area contributed by atoms with Gasteiger partial charge in [0.2, 0.25) is 0 Å². The van der Waals surface area contributed by atoms with Crippen LogP contribution in [-0.4, -0.2) is 16.1 Å². The molecule has 0 bridgehead atoms. The molecule has 94 valence electrons. The number of aldehydes is 1. The number of hydrogen-bond acceptors (Lipinski definition) is 2. The Morgan fingerprint density at radius 3 is 2.67 bits per heavy atom. The highest BCUT2D eigenvalue weighted by atomic mass is 19.4. The lowest BCUT2D eigenvalue weighted by molar-refractivity contribution is -0.140. The highest BCUT2D eigenvalue weighted by Gasteiger charge is 2.37. The Bertz CT molecular complexity index is 587. The van der Waals surface area contributed by atoms with E-state index in [1.54, 1.807) is 0 Å². The van der Waals surface area contributed by atoms with Gasteiger partial charge in [-0.1, -0.05) is 18.2 Å². The van der Waals surface area contributed by atoms with Crippen LogP contribution in [0, 0.1) is 0 Å². The molecule has 2 rings (SSSR count). The number of halogens is 3. The summed E-state index contributed by atoms with van der Waals surface area (Å²) in [5.74, 6) is 0. The zero-order valence-corrected chi connectivity index (χ0v) is 9.40. The molecule has 0 atom stereocenters. The van der Waals surface area contributed by atoms with E-state index in [-0.39, 0.29) is 5.56 Å². The van der Waals surface area contributed by atoms with E-state index in [2.05, 4.69) is 5.10 Å². The number of aryl methyl sites for hydroxylation is 1. The number of rotatable bonds is 2. The van der Waals surface area contributed by atoms with Crippen LogP contribution in [0.5, 0.6) is 0 Å². The Hall–Kier alpha value is -2.11. The van der Waals surface area contributed by atoms with Crippen molar-refractivity contribution < 1.29 is 18.0 Å². The Balaban J connectivity index is 2.59. The second-order valence-electron chi connectivity index (χ2n) is 3.81. The maximum atomic E-state index is 12.8. The van der Waals surface area contributed by atoms with Crippen LogP contribution in [0.25, 0.3) is 11.1 Å². The van der Waals surface area contributed by atoms with Gasteiger partial charge in [0, 0.05) is 24.4 Å². The molecule has 1 aromatic heterocycles. The van der Waals surface area contributed by atoms with Crippen molar-refractivity contribution in [2.24, 2.45) is 7.05 Å². The monoisotopic (exact) mass is 254 g/mol. The molecule has 3 nitrogen and oxygen atoms in total. The van der Waals surface area contributed by atoms with Gasteiger partial charge in [0.15, 0.2) is 5.69 Å². The summed E-state index contributed by atoms with van der Waals surface area (Å²) in [6, 6.07) is 5.98. The van der Waals surface area contributed by atoms with Crippen LogP contribution in [0.4, 0.5) is 13.2 Å². The van der Waals surface area contributed by atoms with E-state index in [0.29, 0.717) is 17.4 Å². The standard InChI is InChI=1S/C12H9F3N2O/c1-17-6-10(11(16-17)12(13,14)15)9-4-2-3-8(5-9)7-18/h2-7H,1H3. The predicted molar refractivity (Wildman–Crippen MR) is 59.0 cm³/mol. The number of carbonyl (C=O) groups is 1. The van der Waals surface area contributed by atoms with Gasteiger partial charge in [0.05, 0.1) is 0 Å². The lowest BCUT2D eigenvalue weighted by Gasteiger charge is -2.06. The second kappa shape index (κ2) is 4.29. The molecule has 6 heteroatoms. The predicted octanol–water partition coefficient (Wildman–Crippen LogP) is 2.92. The molecule has 0 aliphatic carbocycles. The molecule has 0 aliphatic rings. The lowest BCUT2D eigenvalue weighted by atomic mass is 10.0. The quantitative estimate of drug-likeness (QED) is 0.772. The number of aromatic nitrogens is 2. The Kier molecular flexibility index (Phi) is 2.94. The van der Waals surface area contributed by atoms with E-state index in [0.717, 1.165) is 4.68 Å². The summed E-state index contributed by atoms with van der Waals surface area (Å²) in [7, 11) is 1.42. The molecule has 0 spiro atoms. The lowest BCUT2D eigenvalue weighted by Crippen LogP contribution is -2.08. The van der Waals surface area contributed by atoms with Crippen LogP contribution in [0.1, 0.15) is 16.1 Å². The molecule has 1 heterocycles. The maximum Gasteiger partial charge on any atom is 0.435 e. The van der Waals surface area contributed by atoms with Crippen molar-refractivity contribution >= 4 is 6.29 Å². The summed E-state index contributed by atoms with van der Waals surface area (Å²) in [6.45, 7) is 0. The van der Waals surface area contributed by atoms with Crippen molar-refractivity contribution in [1.29, 1.82) is 0 Å². The number of hydrogen-bond donors (Lipinski definition) is 0. The normalized spacial score (nSPS) is 11.6. The summed E-state index contributed by atoms with van der Waals surface area (Å²) in [4.78, 5) is 10.6. The third-order valence-electron chi connectivity index (χ3n) is 2.43. The highest BCUT2D eigenvalue weighted by molar-refractivity contribution is 5.79. The van der Waals surface area contributed by atoms with Crippen molar-refractivity contribution in [3.05, 3.63) is 41.7 Å². The zero-order valence-electron chi connectivity index (χ0n) is 9.40. The minimum atomic E-state index is -4.52. The topological polar surface area (TPSA) is 34.9 Å². The molecule has 0 fully saturated rings. The van der Waals surface area contributed by atoms with Crippen LogP contribution in [0.15, 0.2) is 30.5 Å². The van der Waals surface area contributed by atoms with Crippen molar-refractivity contribution in [1.82, 2.24) is 9.78 Å². The van der Waals surface area contributed by atoms with E-state index in [4.69, 9.17) is 0 Å². The molecule has 0 amide bonds. The summed E-state index contributed by atoms with van der Waals surface area (Å²) < 4.78 is 39.5. The zero-order chi connectivity index (χ0) is 13.3. The Labute approximate surface area is 101 Å².